The fourth-order valence-corrected chi connectivity index (χ4v) is 3.23. The van der Waals surface area contributed by atoms with Crippen LogP contribution in [0.5, 0.6) is 17.2 Å². The van der Waals surface area contributed by atoms with Gasteiger partial charge >= 0.3 is 0 Å². The number of rotatable bonds is 1. The van der Waals surface area contributed by atoms with Gasteiger partial charge in [-0.25, -0.2) is 0 Å². The zero-order chi connectivity index (χ0) is 17.9. The summed E-state index contributed by atoms with van der Waals surface area (Å²) in [6.45, 7) is 3.74. The topological polar surface area (TPSA) is 72.8 Å². The van der Waals surface area contributed by atoms with Gasteiger partial charge in [-0.3, -0.25) is 9.59 Å². The van der Waals surface area contributed by atoms with E-state index in [9.17, 15) is 14.7 Å². The molecular formula is C20H16O5. The molecule has 0 bridgehead atoms. The third-order valence-corrected chi connectivity index (χ3v) is 4.51. The second-order valence-corrected chi connectivity index (χ2v) is 6.67. The van der Waals surface area contributed by atoms with Crippen molar-refractivity contribution in [2.45, 2.75) is 19.4 Å². The minimum atomic E-state index is -0.559. The van der Waals surface area contributed by atoms with Gasteiger partial charge in [0.2, 0.25) is 0 Å². The molecular weight excluding hydrogens is 320 g/mol. The summed E-state index contributed by atoms with van der Waals surface area (Å²) in [7, 11) is 1.50. The summed E-state index contributed by atoms with van der Waals surface area (Å²) in [6, 6.07) is 6.25. The molecule has 0 atom stereocenters. The van der Waals surface area contributed by atoms with Gasteiger partial charge in [-0.05, 0) is 50.3 Å². The highest BCUT2D eigenvalue weighted by Gasteiger charge is 2.36. The van der Waals surface area contributed by atoms with Gasteiger partial charge in [0.25, 0.3) is 0 Å². The largest absolute Gasteiger partial charge is 0.506 e. The van der Waals surface area contributed by atoms with Crippen molar-refractivity contribution in [3.63, 3.8) is 0 Å². The molecule has 0 aromatic heterocycles. The molecule has 0 radical (unpaired) electrons. The summed E-state index contributed by atoms with van der Waals surface area (Å²) < 4.78 is 11.0. The van der Waals surface area contributed by atoms with Gasteiger partial charge in [0.15, 0.2) is 11.6 Å². The lowest BCUT2D eigenvalue weighted by Gasteiger charge is -2.30. The molecule has 0 saturated carbocycles. The lowest BCUT2D eigenvalue weighted by molar-refractivity contribution is 0.0974. The van der Waals surface area contributed by atoms with Gasteiger partial charge in [-0.1, -0.05) is 0 Å². The Balaban J connectivity index is 1.97. The van der Waals surface area contributed by atoms with Crippen LogP contribution < -0.4 is 9.47 Å². The molecule has 0 spiro atoms. The van der Waals surface area contributed by atoms with Crippen LogP contribution in [0.3, 0.4) is 0 Å². The van der Waals surface area contributed by atoms with Gasteiger partial charge in [-0.2, -0.15) is 0 Å². The number of carbonyl (C=O) groups is 2. The van der Waals surface area contributed by atoms with E-state index in [1.54, 1.807) is 30.4 Å². The highest BCUT2D eigenvalue weighted by Crippen LogP contribution is 2.44. The average molecular weight is 336 g/mol. The van der Waals surface area contributed by atoms with Crippen molar-refractivity contribution in [2.24, 2.45) is 0 Å². The minimum absolute atomic E-state index is 0.0226. The van der Waals surface area contributed by atoms with Crippen molar-refractivity contribution < 1.29 is 24.2 Å². The molecule has 1 aliphatic carbocycles. The number of phenols is 1. The Morgan fingerprint density at radius 2 is 1.80 bits per heavy atom. The van der Waals surface area contributed by atoms with E-state index in [4.69, 9.17) is 9.47 Å². The summed E-state index contributed by atoms with van der Waals surface area (Å²) in [5.74, 6) is -0.0653. The molecule has 0 fully saturated rings. The van der Waals surface area contributed by atoms with E-state index in [0.717, 1.165) is 0 Å². The number of fused-ring (bicyclic) bond motifs is 3. The van der Waals surface area contributed by atoms with E-state index in [1.807, 2.05) is 13.8 Å². The van der Waals surface area contributed by atoms with Gasteiger partial charge in [0.1, 0.15) is 22.8 Å². The summed E-state index contributed by atoms with van der Waals surface area (Å²) in [4.78, 5) is 25.8. The van der Waals surface area contributed by atoms with Crippen LogP contribution in [-0.4, -0.2) is 29.4 Å². The number of ketones is 2. The monoisotopic (exact) mass is 336 g/mol. The molecule has 5 nitrogen and oxygen atoms in total. The van der Waals surface area contributed by atoms with E-state index >= 15 is 0 Å². The van der Waals surface area contributed by atoms with Gasteiger partial charge < -0.3 is 14.6 Å². The molecule has 2 aromatic rings. The fourth-order valence-electron chi connectivity index (χ4n) is 3.23. The molecule has 2 aliphatic rings. The Morgan fingerprint density at radius 1 is 1.04 bits per heavy atom. The second-order valence-electron chi connectivity index (χ2n) is 6.67. The van der Waals surface area contributed by atoms with Crippen molar-refractivity contribution >= 4 is 17.6 Å². The number of benzene rings is 2. The molecule has 1 N–H and O–H groups in total. The zero-order valence-corrected chi connectivity index (χ0v) is 14.0. The summed E-state index contributed by atoms with van der Waals surface area (Å²) in [6.07, 6.45) is 3.52. The quantitative estimate of drug-likeness (QED) is 0.738. The van der Waals surface area contributed by atoms with E-state index in [2.05, 4.69) is 0 Å². The molecule has 2 aromatic carbocycles. The Labute approximate surface area is 144 Å². The maximum Gasteiger partial charge on any atom is 0.198 e. The number of aromatic hydroxyl groups is 1. The van der Waals surface area contributed by atoms with Crippen molar-refractivity contribution in [1.29, 1.82) is 0 Å². The van der Waals surface area contributed by atoms with Gasteiger partial charge in [0, 0.05) is 16.7 Å². The van der Waals surface area contributed by atoms with Crippen LogP contribution in [-0.2, 0) is 0 Å². The first-order valence-electron chi connectivity index (χ1n) is 7.88. The molecule has 5 heteroatoms. The SMILES string of the molecule is COc1ccc2c(c1)C(=O)c1cc3c(c(O)c1C2=O)C=CC(C)(C)O3. The van der Waals surface area contributed by atoms with Crippen LogP contribution in [0.15, 0.2) is 30.3 Å². The molecule has 1 heterocycles. The number of methoxy groups -OCH3 is 1. The fraction of sp³-hybridized carbons (Fsp3) is 0.200. The van der Waals surface area contributed by atoms with Crippen LogP contribution in [0.2, 0.25) is 0 Å². The summed E-state index contributed by atoms with van der Waals surface area (Å²) in [5, 5.41) is 10.6. The number of hydrogen-bond donors (Lipinski definition) is 1. The predicted molar refractivity (Wildman–Crippen MR) is 91.7 cm³/mol. The van der Waals surface area contributed by atoms with E-state index in [-0.39, 0.29) is 39.6 Å². The third-order valence-electron chi connectivity index (χ3n) is 4.51. The molecule has 126 valence electrons. The molecule has 25 heavy (non-hydrogen) atoms. The minimum Gasteiger partial charge on any atom is -0.506 e. The third kappa shape index (κ3) is 2.16. The average Bonchev–Trinajstić information content (AvgIpc) is 2.58. The maximum absolute atomic E-state index is 12.9. The number of ether oxygens (including phenoxy) is 2. The highest BCUT2D eigenvalue weighted by atomic mass is 16.5. The van der Waals surface area contributed by atoms with Crippen molar-refractivity contribution in [3.05, 3.63) is 58.2 Å². The van der Waals surface area contributed by atoms with Gasteiger partial charge in [-0.15, -0.1) is 0 Å². The molecule has 1 aliphatic heterocycles. The first kappa shape index (κ1) is 15.4. The summed E-state index contributed by atoms with van der Waals surface area (Å²) >= 11 is 0. The van der Waals surface area contributed by atoms with Crippen molar-refractivity contribution in [1.82, 2.24) is 0 Å². The van der Waals surface area contributed by atoms with Crippen molar-refractivity contribution in [3.8, 4) is 17.2 Å². The first-order chi connectivity index (χ1) is 11.8. The second kappa shape index (κ2) is 4.96. The smallest absolute Gasteiger partial charge is 0.198 e. The normalized spacial score (nSPS) is 16.6. The number of hydrogen-bond acceptors (Lipinski definition) is 5. The van der Waals surface area contributed by atoms with E-state index < -0.39 is 5.60 Å². The van der Waals surface area contributed by atoms with Crippen molar-refractivity contribution in [2.75, 3.05) is 7.11 Å². The highest BCUT2D eigenvalue weighted by molar-refractivity contribution is 6.29. The standard InChI is InChI=1S/C20H16O5/c1-20(2)7-6-12-15(25-20)9-14-16(19(12)23)18(22)11-5-4-10(24-3)8-13(11)17(14)21/h4-9,23H,1-3H3. The number of carbonyl (C=O) groups excluding carboxylic acids is 2. The Morgan fingerprint density at radius 3 is 2.52 bits per heavy atom. The predicted octanol–water partition coefficient (Wildman–Crippen LogP) is 3.36. The van der Waals surface area contributed by atoms with Crippen LogP contribution >= 0.6 is 0 Å². The first-order valence-corrected chi connectivity index (χ1v) is 7.88. The molecule has 0 unspecified atom stereocenters. The molecule has 4 rings (SSSR count). The number of phenolic OH excluding ortho intramolecular Hbond substituents is 1. The van der Waals surface area contributed by atoms with Crippen LogP contribution in [0, 0.1) is 0 Å². The Bertz CT molecular complexity index is 982. The lowest BCUT2D eigenvalue weighted by atomic mass is 9.81. The molecule has 0 saturated heterocycles. The van der Waals surface area contributed by atoms with Gasteiger partial charge in [0.05, 0.1) is 18.2 Å². The van der Waals surface area contributed by atoms with E-state index in [0.29, 0.717) is 17.1 Å². The zero-order valence-electron chi connectivity index (χ0n) is 14.0. The lowest BCUT2D eigenvalue weighted by Crippen LogP contribution is -2.29. The Hall–Kier alpha value is -3.08. The molecule has 0 amide bonds. The van der Waals surface area contributed by atoms with Crippen LogP contribution in [0.4, 0.5) is 0 Å². The summed E-state index contributed by atoms with van der Waals surface area (Å²) in [5.41, 5.74) is 0.548. The van der Waals surface area contributed by atoms with Crippen LogP contribution in [0.25, 0.3) is 6.08 Å². The van der Waals surface area contributed by atoms with E-state index in [1.165, 1.54) is 13.2 Å². The maximum atomic E-state index is 12.9. The van der Waals surface area contributed by atoms with Crippen LogP contribution in [0.1, 0.15) is 51.3 Å². The Kier molecular flexibility index (Phi) is 3.06.